The summed E-state index contributed by atoms with van der Waals surface area (Å²) in [5.41, 5.74) is 0.913. The van der Waals surface area contributed by atoms with Crippen molar-refractivity contribution in [1.29, 1.82) is 0 Å². The Kier molecular flexibility index (Phi) is 5.42. The summed E-state index contributed by atoms with van der Waals surface area (Å²) >= 11 is 5.63. The van der Waals surface area contributed by atoms with Crippen molar-refractivity contribution in [1.82, 2.24) is 10.2 Å². The predicted octanol–water partition coefficient (Wildman–Crippen LogP) is 3.77. The van der Waals surface area contributed by atoms with Gasteiger partial charge < -0.3 is 4.42 Å². The van der Waals surface area contributed by atoms with Gasteiger partial charge in [-0.05, 0) is 30.5 Å². The number of rotatable bonds is 2. The molecular formula is C11H14N2OS2. The van der Waals surface area contributed by atoms with Crippen molar-refractivity contribution in [2.24, 2.45) is 0 Å². The summed E-state index contributed by atoms with van der Waals surface area (Å²) in [5.74, 6) is 0.544. The van der Waals surface area contributed by atoms with Crippen molar-refractivity contribution in [3.8, 4) is 11.5 Å². The maximum atomic E-state index is 5.37. The Morgan fingerprint density at radius 3 is 2.25 bits per heavy atom. The van der Waals surface area contributed by atoms with Gasteiger partial charge in [-0.3, -0.25) is 0 Å². The van der Waals surface area contributed by atoms with Crippen LogP contribution in [0.25, 0.3) is 11.5 Å². The molecule has 0 saturated carbocycles. The van der Waals surface area contributed by atoms with Crippen LogP contribution in [0.3, 0.4) is 0 Å². The first-order chi connectivity index (χ1) is 7.79. The highest BCUT2D eigenvalue weighted by Gasteiger charge is 2.06. The maximum absolute atomic E-state index is 5.37. The molecule has 1 aromatic heterocycles. The fourth-order valence-electron chi connectivity index (χ4n) is 1.01. The number of thiol groups is 1. The van der Waals surface area contributed by atoms with Gasteiger partial charge in [0.25, 0.3) is 5.22 Å². The van der Waals surface area contributed by atoms with Gasteiger partial charge in [0.1, 0.15) is 0 Å². The third kappa shape index (κ3) is 3.28. The Morgan fingerprint density at radius 1 is 1.12 bits per heavy atom. The van der Waals surface area contributed by atoms with Crippen molar-refractivity contribution in [2.45, 2.75) is 24.0 Å². The summed E-state index contributed by atoms with van der Waals surface area (Å²) in [6, 6.07) is 7.59. The third-order valence-corrected chi connectivity index (χ3v) is 2.51. The molecule has 0 amide bonds. The first kappa shape index (κ1) is 13.1. The van der Waals surface area contributed by atoms with Gasteiger partial charge >= 0.3 is 0 Å². The number of hydrogen-bond donors (Lipinski definition) is 1. The standard InChI is InChI=1S/C9H8N2OS2.C2H6/c1-14-9-11-10-8(12-9)6-2-4-7(13)5-3-6;1-2/h2-5,13H,1H3;1-2H3. The number of benzene rings is 1. The molecule has 0 atom stereocenters. The Labute approximate surface area is 105 Å². The van der Waals surface area contributed by atoms with E-state index in [9.17, 15) is 0 Å². The second kappa shape index (κ2) is 6.60. The maximum Gasteiger partial charge on any atom is 0.276 e. The van der Waals surface area contributed by atoms with Crippen LogP contribution in [0, 0.1) is 0 Å². The summed E-state index contributed by atoms with van der Waals surface area (Å²) in [6.07, 6.45) is 1.90. The molecule has 0 fully saturated rings. The molecule has 0 unspecified atom stereocenters. The first-order valence-electron chi connectivity index (χ1n) is 4.96. The zero-order valence-electron chi connectivity index (χ0n) is 9.47. The van der Waals surface area contributed by atoms with Crippen molar-refractivity contribution in [2.75, 3.05) is 6.26 Å². The normalized spacial score (nSPS) is 9.50. The van der Waals surface area contributed by atoms with Gasteiger partial charge in [0.15, 0.2) is 0 Å². The molecule has 2 aromatic rings. The van der Waals surface area contributed by atoms with Crippen LogP contribution < -0.4 is 0 Å². The van der Waals surface area contributed by atoms with Crippen molar-refractivity contribution >= 4 is 24.4 Å². The molecule has 0 N–H and O–H groups in total. The first-order valence-corrected chi connectivity index (χ1v) is 6.63. The molecule has 0 aliphatic heterocycles. The van der Waals surface area contributed by atoms with Crippen LogP contribution >= 0.6 is 24.4 Å². The average Bonchev–Trinajstić information content (AvgIpc) is 2.81. The Balaban J connectivity index is 0.000000606. The van der Waals surface area contributed by atoms with Gasteiger partial charge in [0, 0.05) is 10.5 Å². The molecule has 3 nitrogen and oxygen atoms in total. The highest BCUT2D eigenvalue weighted by Crippen LogP contribution is 2.22. The molecule has 0 bridgehead atoms. The SMILES string of the molecule is CC.CSc1nnc(-c2ccc(S)cc2)o1. The number of nitrogens with zero attached hydrogens (tertiary/aromatic N) is 2. The van der Waals surface area contributed by atoms with Crippen molar-refractivity contribution < 1.29 is 4.42 Å². The lowest BCUT2D eigenvalue weighted by Crippen LogP contribution is -1.76. The van der Waals surface area contributed by atoms with Crippen LogP contribution in [0.4, 0.5) is 0 Å². The van der Waals surface area contributed by atoms with Crippen LogP contribution in [-0.2, 0) is 0 Å². The van der Waals surface area contributed by atoms with Crippen LogP contribution in [-0.4, -0.2) is 16.5 Å². The van der Waals surface area contributed by atoms with Crippen LogP contribution in [0.2, 0.25) is 0 Å². The summed E-state index contributed by atoms with van der Waals surface area (Å²) < 4.78 is 5.37. The van der Waals surface area contributed by atoms with E-state index < -0.39 is 0 Å². The molecule has 86 valence electrons. The largest absolute Gasteiger partial charge is 0.411 e. The average molecular weight is 254 g/mol. The van der Waals surface area contributed by atoms with Crippen molar-refractivity contribution in [3.05, 3.63) is 24.3 Å². The molecule has 2 rings (SSSR count). The number of thioether (sulfide) groups is 1. The van der Waals surface area contributed by atoms with E-state index in [0.29, 0.717) is 11.1 Å². The van der Waals surface area contributed by atoms with E-state index >= 15 is 0 Å². The van der Waals surface area contributed by atoms with Gasteiger partial charge in [-0.2, -0.15) is 0 Å². The minimum absolute atomic E-state index is 0.544. The molecule has 0 radical (unpaired) electrons. The molecule has 0 spiro atoms. The van der Waals surface area contributed by atoms with Crippen LogP contribution in [0.15, 0.2) is 38.8 Å². The zero-order valence-corrected chi connectivity index (χ0v) is 11.2. The topological polar surface area (TPSA) is 38.9 Å². The fraction of sp³-hybridized carbons (Fsp3) is 0.273. The molecule has 0 aliphatic rings. The second-order valence-electron chi connectivity index (χ2n) is 2.62. The van der Waals surface area contributed by atoms with E-state index in [1.807, 2.05) is 44.4 Å². The molecule has 1 aromatic carbocycles. The minimum Gasteiger partial charge on any atom is -0.411 e. The van der Waals surface area contributed by atoms with E-state index in [1.54, 1.807) is 0 Å². The highest BCUT2D eigenvalue weighted by atomic mass is 32.2. The summed E-state index contributed by atoms with van der Waals surface area (Å²) in [6.45, 7) is 4.00. The van der Waals surface area contributed by atoms with Gasteiger partial charge in [-0.1, -0.05) is 25.6 Å². The van der Waals surface area contributed by atoms with E-state index in [-0.39, 0.29) is 0 Å². The van der Waals surface area contributed by atoms with E-state index in [1.165, 1.54) is 11.8 Å². The lowest BCUT2D eigenvalue weighted by atomic mass is 10.2. The quantitative estimate of drug-likeness (QED) is 0.654. The molecule has 1 heterocycles. The molecule has 5 heteroatoms. The second-order valence-corrected chi connectivity index (χ2v) is 3.90. The smallest absolute Gasteiger partial charge is 0.276 e. The Hall–Kier alpha value is -0.940. The molecule has 0 saturated heterocycles. The number of hydrogen-bond acceptors (Lipinski definition) is 5. The predicted molar refractivity (Wildman–Crippen MR) is 70.1 cm³/mol. The monoisotopic (exact) mass is 254 g/mol. The summed E-state index contributed by atoms with van der Waals surface area (Å²) in [5, 5.41) is 8.36. The molecule has 16 heavy (non-hydrogen) atoms. The van der Waals surface area contributed by atoms with Crippen LogP contribution in [0.5, 0.6) is 0 Å². The number of aromatic nitrogens is 2. The van der Waals surface area contributed by atoms with E-state index in [2.05, 4.69) is 22.8 Å². The third-order valence-electron chi connectivity index (χ3n) is 1.70. The fourth-order valence-corrected chi connectivity index (χ4v) is 1.45. The summed E-state index contributed by atoms with van der Waals surface area (Å²) in [4.78, 5) is 0.915. The van der Waals surface area contributed by atoms with Gasteiger partial charge in [-0.15, -0.1) is 22.8 Å². The Bertz CT molecular complexity index is 426. The van der Waals surface area contributed by atoms with Gasteiger partial charge in [-0.25, -0.2) is 0 Å². The molecular weight excluding hydrogens is 240 g/mol. The minimum atomic E-state index is 0.544. The van der Waals surface area contributed by atoms with Crippen molar-refractivity contribution in [3.63, 3.8) is 0 Å². The highest BCUT2D eigenvalue weighted by molar-refractivity contribution is 7.98. The van der Waals surface area contributed by atoms with Crippen LogP contribution in [0.1, 0.15) is 13.8 Å². The lowest BCUT2D eigenvalue weighted by molar-refractivity contribution is 0.466. The van der Waals surface area contributed by atoms with E-state index in [4.69, 9.17) is 4.42 Å². The van der Waals surface area contributed by atoms with Gasteiger partial charge in [0.05, 0.1) is 0 Å². The molecule has 0 aliphatic carbocycles. The zero-order chi connectivity index (χ0) is 12.0. The summed E-state index contributed by atoms with van der Waals surface area (Å²) in [7, 11) is 0. The van der Waals surface area contributed by atoms with E-state index in [0.717, 1.165) is 10.5 Å². The lowest BCUT2D eigenvalue weighted by Gasteiger charge is -1.94. The van der Waals surface area contributed by atoms with Gasteiger partial charge in [0.2, 0.25) is 5.89 Å². The Morgan fingerprint density at radius 2 is 1.75 bits per heavy atom.